The lowest BCUT2D eigenvalue weighted by atomic mass is 10.0. The van der Waals surface area contributed by atoms with Gasteiger partial charge in [0.25, 0.3) is 5.91 Å². The average molecular weight is 298 g/mol. The molecule has 0 radical (unpaired) electrons. The van der Waals surface area contributed by atoms with E-state index in [2.05, 4.69) is 10.6 Å². The van der Waals surface area contributed by atoms with Gasteiger partial charge in [-0.2, -0.15) is 0 Å². The molecule has 0 heterocycles. The van der Waals surface area contributed by atoms with Crippen LogP contribution in [-0.4, -0.2) is 30.0 Å². The van der Waals surface area contributed by atoms with Gasteiger partial charge in [-0.1, -0.05) is 30.3 Å². The summed E-state index contributed by atoms with van der Waals surface area (Å²) in [6, 6.07) is 14.6. The predicted octanol–water partition coefficient (Wildman–Crippen LogP) is 1.48. The van der Waals surface area contributed by atoms with Crippen molar-refractivity contribution in [2.24, 2.45) is 0 Å². The average Bonchev–Trinajstić information content (AvgIpc) is 2.56. The first-order valence-corrected chi connectivity index (χ1v) is 6.95. The molecule has 5 nitrogen and oxygen atoms in total. The van der Waals surface area contributed by atoms with Crippen LogP contribution in [0.15, 0.2) is 54.6 Å². The normalized spacial score (nSPS) is 11.5. The molecule has 5 heteroatoms. The third-order valence-electron chi connectivity index (χ3n) is 3.28. The first-order valence-electron chi connectivity index (χ1n) is 6.95. The van der Waals surface area contributed by atoms with E-state index in [1.807, 2.05) is 6.07 Å². The van der Waals surface area contributed by atoms with Gasteiger partial charge in [0.15, 0.2) is 0 Å². The van der Waals surface area contributed by atoms with Crippen molar-refractivity contribution in [2.75, 3.05) is 7.05 Å². The first kappa shape index (κ1) is 15.6. The molecule has 2 rings (SSSR count). The molecule has 0 saturated heterocycles. The molecule has 0 aromatic heterocycles. The van der Waals surface area contributed by atoms with E-state index in [0.717, 1.165) is 5.56 Å². The van der Waals surface area contributed by atoms with Gasteiger partial charge in [0.2, 0.25) is 5.91 Å². The molecule has 2 aromatic rings. The summed E-state index contributed by atoms with van der Waals surface area (Å²) in [5.74, 6) is -0.404. The Morgan fingerprint density at radius 2 is 1.68 bits per heavy atom. The third-order valence-corrected chi connectivity index (χ3v) is 3.28. The van der Waals surface area contributed by atoms with E-state index in [9.17, 15) is 14.7 Å². The lowest BCUT2D eigenvalue weighted by Gasteiger charge is -2.17. The fourth-order valence-corrected chi connectivity index (χ4v) is 2.08. The summed E-state index contributed by atoms with van der Waals surface area (Å²) < 4.78 is 0. The van der Waals surface area contributed by atoms with Crippen LogP contribution >= 0.6 is 0 Å². The molecule has 0 bridgehead atoms. The van der Waals surface area contributed by atoms with Crippen LogP contribution in [-0.2, 0) is 11.2 Å². The van der Waals surface area contributed by atoms with Crippen molar-refractivity contribution in [1.29, 1.82) is 0 Å². The number of carbonyl (C=O) groups is 2. The molecule has 0 aliphatic heterocycles. The summed E-state index contributed by atoms with van der Waals surface area (Å²) in [5, 5.41) is 14.6. The quantitative estimate of drug-likeness (QED) is 0.782. The number of rotatable bonds is 5. The molecule has 0 saturated carbocycles. The number of aromatic hydroxyl groups is 1. The Morgan fingerprint density at radius 3 is 2.27 bits per heavy atom. The molecule has 1 atom stereocenters. The topological polar surface area (TPSA) is 78.4 Å². The fraction of sp³-hybridized carbons (Fsp3) is 0.176. The SMILES string of the molecule is CNC(=O)[C@@H](Cc1ccc(O)cc1)NC(=O)c1ccccc1. The maximum absolute atomic E-state index is 12.2. The lowest BCUT2D eigenvalue weighted by Crippen LogP contribution is -2.47. The van der Waals surface area contributed by atoms with Crippen molar-refractivity contribution in [1.82, 2.24) is 10.6 Å². The smallest absolute Gasteiger partial charge is 0.251 e. The maximum Gasteiger partial charge on any atom is 0.251 e. The number of hydrogen-bond acceptors (Lipinski definition) is 3. The number of benzene rings is 2. The largest absolute Gasteiger partial charge is 0.508 e. The third kappa shape index (κ3) is 4.09. The van der Waals surface area contributed by atoms with E-state index in [1.54, 1.807) is 48.5 Å². The van der Waals surface area contributed by atoms with Gasteiger partial charge in [-0.05, 0) is 29.8 Å². The van der Waals surface area contributed by atoms with Crippen LogP contribution in [0.5, 0.6) is 5.75 Å². The van der Waals surface area contributed by atoms with Crippen LogP contribution < -0.4 is 10.6 Å². The Hall–Kier alpha value is -2.82. The molecule has 114 valence electrons. The highest BCUT2D eigenvalue weighted by molar-refractivity contribution is 5.97. The zero-order valence-electron chi connectivity index (χ0n) is 12.2. The second kappa shape index (κ2) is 7.26. The Morgan fingerprint density at radius 1 is 1.05 bits per heavy atom. The van der Waals surface area contributed by atoms with Gasteiger partial charge >= 0.3 is 0 Å². The van der Waals surface area contributed by atoms with Crippen molar-refractivity contribution in [3.05, 3.63) is 65.7 Å². The van der Waals surface area contributed by atoms with Crippen LogP contribution in [0, 0.1) is 0 Å². The fourth-order valence-electron chi connectivity index (χ4n) is 2.08. The van der Waals surface area contributed by atoms with Crippen molar-refractivity contribution in [3.63, 3.8) is 0 Å². The van der Waals surface area contributed by atoms with Crippen molar-refractivity contribution in [2.45, 2.75) is 12.5 Å². The number of nitrogens with one attached hydrogen (secondary N) is 2. The molecule has 0 unspecified atom stereocenters. The van der Waals surface area contributed by atoms with E-state index >= 15 is 0 Å². The van der Waals surface area contributed by atoms with E-state index < -0.39 is 6.04 Å². The molecule has 0 aliphatic rings. The highest BCUT2D eigenvalue weighted by Crippen LogP contribution is 2.12. The Balaban J connectivity index is 2.11. The first-order chi connectivity index (χ1) is 10.6. The van der Waals surface area contributed by atoms with E-state index in [1.165, 1.54) is 7.05 Å². The zero-order chi connectivity index (χ0) is 15.9. The number of likely N-dealkylation sites (N-methyl/N-ethyl adjacent to an activating group) is 1. The van der Waals surface area contributed by atoms with Crippen molar-refractivity contribution < 1.29 is 14.7 Å². The molecule has 3 N–H and O–H groups in total. The summed E-state index contributed by atoms with van der Waals surface area (Å²) in [6.07, 6.45) is 0.346. The van der Waals surface area contributed by atoms with Gasteiger partial charge in [-0.25, -0.2) is 0 Å². The standard InChI is InChI=1S/C17H18N2O3/c1-18-17(22)15(11-12-7-9-14(20)10-8-12)19-16(21)13-5-3-2-4-6-13/h2-10,15,20H,11H2,1H3,(H,18,22)(H,19,21)/t15-/m1/s1. The molecular formula is C17H18N2O3. The summed E-state index contributed by atoms with van der Waals surface area (Å²) in [4.78, 5) is 24.2. The molecule has 22 heavy (non-hydrogen) atoms. The highest BCUT2D eigenvalue weighted by Gasteiger charge is 2.20. The molecular weight excluding hydrogens is 280 g/mol. The zero-order valence-corrected chi connectivity index (χ0v) is 12.2. The summed E-state index contributed by atoms with van der Waals surface area (Å²) in [7, 11) is 1.53. The molecule has 2 aromatic carbocycles. The highest BCUT2D eigenvalue weighted by atomic mass is 16.3. The summed E-state index contributed by atoms with van der Waals surface area (Å²) in [5.41, 5.74) is 1.35. The van der Waals surface area contributed by atoms with Crippen LogP contribution in [0.25, 0.3) is 0 Å². The summed E-state index contributed by atoms with van der Waals surface area (Å²) >= 11 is 0. The van der Waals surface area contributed by atoms with Gasteiger partial charge in [0, 0.05) is 19.0 Å². The van der Waals surface area contributed by atoms with Crippen LogP contribution in [0.3, 0.4) is 0 Å². The Bertz CT molecular complexity index is 639. The molecule has 0 aliphatic carbocycles. The second-order valence-corrected chi connectivity index (χ2v) is 4.88. The molecule has 2 amide bonds. The molecule has 0 fully saturated rings. The Kier molecular flexibility index (Phi) is 5.14. The number of phenolic OH excluding ortho intramolecular Hbond substituents is 1. The predicted molar refractivity (Wildman–Crippen MR) is 83.6 cm³/mol. The maximum atomic E-state index is 12.2. The minimum Gasteiger partial charge on any atom is -0.508 e. The number of carbonyl (C=O) groups excluding carboxylic acids is 2. The number of amides is 2. The van der Waals surface area contributed by atoms with Gasteiger partial charge in [0.1, 0.15) is 11.8 Å². The van der Waals surface area contributed by atoms with E-state index in [0.29, 0.717) is 12.0 Å². The minimum absolute atomic E-state index is 0.161. The number of phenols is 1. The van der Waals surface area contributed by atoms with E-state index in [-0.39, 0.29) is 17.6 Å². The van der Waals surface area contributed by atoms with Gasteiger partial charge in [-0.3, -0.25) is 9.59 Å². The van der Waals surface area contributed by atoms with E-state index in [4.69, 9.17) is 0 Å². The van der Waals surface area contributed by atoms with Crippen LogP contribution in [0.2, 0.25) is 0 Å². The lowest BCUT2D eigenvalue weighted by molar-refractivity contribution is -0.122. The molecule has 0 spiro atoms. The second-order valence-electron chi connectivity index (χ2n) is 4.88. The van der Waals surface area contributed by atoms with Gasteiger partial charge in [-0.15, -0.1) is 0 Å². The minimum atomic E-state index is -0.678. The van der Waals surface area contributed by atoms with Crippen LogP contribution in [0.4, 0.5) is 0 Å². The Labute approximate surface area is 129 Å². The van der Waals surface area contributed by atoms with Crippen molar-refractivity contribution in [3.8, 4) is 5.75 Å². The monoisotopic (exact) mass is 298 g/mol. The van der Waals surface area contributed by atoms with Crippen LogP contribution in [0.1, 0.15) is 15.9 Å². The summed E-state index contributed by atoms with van der Waals surface area (Å²) in [6.45, 7) is 0. The van der Waals surface area contributed by atoms with Gasteiger partial charge < -0.3 is 15.7 Å². The van der Waals surface area contributed by atoms with Crippen molar-refractivity contribution >= 4 is 11.8 Å². The number of hydrogen-bond donors (Lipinski definition) is 3. The van der Waals surface area contributed by atoms with Gasteiger partial charge in [0.05, 0.1) is 0 Å².